The minimum Gasteiger partial charge on any atom is -0.506 e. The van der Waals surface area contributed by atoms with Crippen LogP contribution in [0, 0.1) is 11.3 Å². The molecule has 12 heavy (non-hydrogen) atoms. The summed E-state index contributed by atoms with van der Waals surface area (Å²) in [5, 5.41) is 20.6. The fraction of sp³-hybridized carbons (Fsp3) is 0.125. The largest absolute Gasteiger partial charge is 0.506 e. The molecule has 0 saturated carbocycles. The summed E-state index contributed by atoms with van der Waals surface area (Å²) in [5.41, 5.74) is 6.47. The highest BCUT2D eigenvalue weighted by atomic mass is 16.3. The number of nitrogen functional groups attached to an aromatic ring is 1. The Hall–Kier alpha value is -1.89. The van der Waals surface area contributed by atoms with Crippen molar-refractivity contribution in [1.82, 2.24) is 0 Å². The molecule has 0 bridgehead atoms. The Bertz CT molecular complexity index is 341. The molecule has 1 aromatic rings. The van der Waals surface area contributed by atoms with Crippen LogP contribution < -0.4 is 11.1 Å². The topological polar surface area (TPSA) is 82.1 Å². The quantitative estimate of drug-likeness (QED) is 0.326. The molecule has 0 aliphatic heterocycles. The zero-order valence-electron chi connectivity index (χ0n) is 6.63. The summed E-state index contributed by atoms with van der Waals surface area (Å²) in [6, 6.07) is 4.96. The lowest BCUT2D eigenvalue weighted by atomic mass is 10.1. The van der Waals surface area contributed by atoms with E-state index < -0.39 is 0 Å². The molecule has 0 radical (unpaired) electrons. The summed E-state index contributed by atoms with van der Waals surface area (Å²) >= 11 is 0. The van der Waals surface area contributed by atoms with Gasteiger partial charge in [-0.2, -0.15) is 5.26 Å². The number of phenolic OH excluding ortho intramolecular Hbond substituents is 1. The van der Waals surface area contributed by atoms with E-state index in [1.54, 1.807) is 13.1 Å². The predicted octanol–water partition coefficient (Wildman–Crippen LogP) is 0.888. The van der Waals surface area contributed by atoms with Gasteiger partial charge in [-0.25, -0.2) is 0 Å². The van der Waals surface area contributed by atoms with Gasteiger partial charge in [0.25, 0.3) is 0 Å². The number of phenols is 1. The highest BCUT2D eigenvalue weighted by Crippen LogP contribution is 2.29. The Morgan fingerprint density at radius 3 is 2.75 bits per heavy atom. The average molecular weight is 163 g/mol. The van der Waals surface area contributed by atoms with Gasteiger partial charge in [0.15, 0.2) is 0 Å². The summed E-state index contributed by atoms with van der Waals surface area (Å²) in [6.07, 6.45) is 0. The maximum absolute atomic E-state index is 9.15. The molecular weight excluding hydrogens is 154 g/mol. The van der Waals surface area contributed by atoms with Gasteiger partial charge in [0.2, 0.25) is 0 Å². The SMILES string of the molecule is CNc1ccc(O)c(N)c1C#N. The molecule has 0 amide bonds. The molecule has 0 aliphatic rings. The van der Waals surface area contributed by atoms with Crippen molar-refractivity contribution in [1.29, 1.82) is 5.26 Å². The van der Waals surface area contributed by atoms with E-state index in [2.05, 4.69) is 5.32 Å². The number of nitrogens with zero attached hydrogens (tertiary/aromatic N) is 1. The van der Waals surface area contributed by atoms with E-state index in [9.17, 15) is 0 Å². The van der Waals surface area contributed by atoms with Crippen molar-refractivity contribution >= 4 is 11.4 Å². The van der Waals surface area contributed by atoms with Gasteiger partial charge in [0.1, 0.15) is 17.4 Å². The Morgan fingerprint density at radius 1 is 1.58 bits per heavy atom. The zero-order valence-corrected chi connectivity index (χ0v) is 6.63. The first-order valence-electron chi connectivity index (χ1n) is 3.40. The average Bonchev–Trinajstić information content (AvgIpc) is 2.09. The van der Waals surface area contributed by atoms with Gasteiger partial charge in [-0.05, 0) is 12.1 Å². The smallest absolute Gasteiger partial charge is 0.139 e. The molecule has 0 atom stereocenters. The maximum atomic E-state index is 9.15. The number of benzene rings is 1. The summed E-state index contributed by atoms with van der Waals surface area (Å²) < 4.78 is 0. The predicted molar refractivity (Wildman–Crippen MR) is 46.8 cm³/mol. The van der Waals surface area contributed by atoms with Crippen molar-refractivity contribution in [2.24, 2.45) is 0 Å². The van der Waals surface area contributed by atoms with E-state index in [-0.39, 0.29) is 17.0 Å². The maximum Gasteiger partial charge on any atom is 0.139 e. The van der Waals surface area contributed by atoms with Crippen LogP contribution in [0.1, 0.15) is 5.56 Å². The molecule has 4 heteroatoms. The van der Waals surface area contributed by atoms with Gasteiger partial charge >= 0.3 is 0 Å². The molecule has 0 unspecified atom stereocenters. The molecule has 0 heterocycles. The third-order valence-electron chi connectivity index (χ3n) is 1.60. The van der Waals surface area contributed by atoms with Gasteiger partial charge in [-0.3, -0.25) is 0 Å². The van der Waals surface area contributed by atoms with E-state index in [4.69, 9.17) is 16.1 Å². The molecule has 1 rings (SSSR count). The summed E-state index contributed by atoms with van der Waals surface area (Å²) in [5.74, 6) is -0.0643. The molecule has 1 aromatic carbocycles. The lowest BCUT2D eigenvalue weighted by Crippen LogP contribution is -1.97. The van der Waals surface area contributed by atoms with Gasteiger partial charge in [0, 0.05) is 7.05 Å². The van der Waals surface area contributed by atoms with Gasteiger partial charge in [-0.1, -0.05) is 0 Å². The second-order valence-electron chi connectivity index (χ2n) is 2.28. The summed E-state index contributed by atoms with van der Waals surface area (Å²) in [7, 11) is 1.69. The fourth-order valence-corrected chi connectivity index (χ4v) is 0.937. The second kappa shape index (κ2) is 3.01. The Balaban J connectivity index is 3.38. The lowest BCUT2D eigenvalue weighted by Gasteiger charge is -2.06. The van der Waals surface area contributed by atoms with Crippen LogP contribution in [-0.2, 0) is 0 Å². The second-order valence-corrected chi connectivity index (χ2v) is 2.28. The van der Waals surface area contributed by atoms with E-state index >= 15 is 0 Å². The van der Waals surface area contributed by atoms with Gasteiger partial charge in [-0.15, -0.1) is 0 Å². The molecule has 62 valence electrons. The molecule has 4 nitrogen and oxygen atoms in total. The van der Waals surface area contributed by atoms with E-state index in [1.165, 1.54) is 6.07 Å². The number of hydrogen-bond acceptors (Lipinski definition) is 4. The van der Waals surface area contributed by atoms with Crippen molar-refractivity contribution in [2.45, 2.75) is 0 Å². The molecule has 0 saturated heterocycles. The Morgan fingerprint density at radius 2 is 2.25 bits per heavy atom. The zero-order chi connectivity index (χ0) is 9.14. The van der Waals surface area contributed by atoms with Crippen LogP contribution >= 0.6 is 0 Å². The number of rotatable bonds is 1. The summed E-state index contributed by atoms with van der Waals surface area (Å²) in [6.45, 7) is 0. The lowest BCUT2D eigenvalue weighted by molar-refractivity contribution is 0.478. The summed E-state index contributed by atoms with van der Waals surface area (Å²) in [4.78, 5) is 0. The van der Waals surface area contributed by atoms with Crippen LogP contribution in [0.4, 0.5) is 11.4 Å². The minimum absolute atomic E-state index is 0.0643. The first-order chi connectivity index (χ1) is 5.70. The fourth-order valence-electron chi connectivity index (χ4n) is 0.937. The standard InChI is InChI=1S/C8H9N3O/c1-11-6-2-3-7(12)8(10)5(6)4-9/h2-3,11-12H,10H2,1H3. The molecule has 0 spiro atoms. The molecule has 0 fully saturated rings. The number of nitrogens with two attached hydrogens (primary N) is 1. The Kier molecular flexibility index (Phi) is 2.06. The molecular formula is C8H9N3O. The van der Waals surface area contributed by atoms with Crippen molar-refractivity contribution in [3.63, 3.8) is 0 Å². The number of hydrogen-bond donors (Lipinski definition) is 3. The normalized spacial score (nSPS) is 9.00. The monoisotopic (exact) mass is 163 g/mol. The third kappa shape index (κ3) is 1.12. The Labute approximate surface area is 70.2 Å². The molecule has 0 aliphatic carbocycles. The van der Waals surface area contributed by atoms with Crippen LogP contribution in [0.15, 0.2) is 12.1 Å². The van der Waals surface area contributed by atoms with Crippen LogP contribution in [-0.4, -0.2) is 12.2 Å². The third-order valence-corrected chi connectivity index (χ3v) is 1.60. The highest BCUT2D eigenvalue weighted by molar-refractivity contribution is 5.74. The number of aromatic hydroxyl groups is 1. The minimum atomic E-state index is -0.0643. The molecule has 4 N–H and O–H groups in total. The van der Waals surface area contributed by atoms with E-state index in [0.29, 0.717) is 5.69 Å². The first-order valence-corrected chi connectivity index (χ1v) is 3.40. The van der Waals surface area contributed by atoms with E-state index in [0.717, 1.165) is 0 Å². The number of nitriles is 1. The number of nitrogens with one attached hydrogen (secondary N) is 1. The van der Waals surface area contributed by atoms with Gasteiger partial charge in [0.05, 0.1) is 11.4 Å². The van der Waals surface area contributed by atoms with Crippen LogP contribution in [0.5, 0.6) is 5.75 Å². The first kappa shape index (κ1) is 8.21. The van der Waals surface area contributed by atoms with Crippen molar-refractivity contribution < 1.29 is 5.11 Å². The highest BCUT2D eigenvalue weighted by Gasteiger charge is 2.07. The van der Waals surface area contributed by atoms with Crippen molar-refractivity contribution in [2.75, 3.05) is 18.1 Å². The van der Waals surface area contributed by atoms with Gasteiger partial charge < -0.3 is 16.2 Å². The van der Waals surface area contributed by atoms with Crippen molar-refractivity contribution in [3.8, 4) is 11.8 Å². The number of anilines is 2. The van der Waals surface area contributed by atoms with E-state index in [1.807, 2.05) is 6.07 Å². The molecule has 0 aromatic heterocycles. The van der Waals surface area contributed by atoms with Crippen LogP contribution in [0.3, 0.4) is 0 Å². The van der Waals surface area contributed by atoms with Crippen LogP contribution in [0.25, 0.3) is 0 Å². The van der Waals surface area contributed by atoms with Crippen LogP contribution in [0.2, 0.25) is 0 Å². The van der Waals surface area contributed by atoms with Crippen molar-refractivity contribution in [3.05, 3.63) is 17.7 Å².